The van der Waals surface area contributed by atoms with Crippen molar-refractivity contribution < 1.29 is 0 Å². The first kappa shape index (κ1) is 18.9. The molecular formula is C16H37N3. The van der Waals surface area contributed by atoms with Gasteiger partial charge in [-0.15, -0.1) is 0 Å². The molecule has 0 radical (unpaired) electrons. The molecule has 0 aromatic heterocycles. The summed E-state index contributed by atoms with van der Waals surface area (Å²) < 4.78 is 0. The molecule has 2 unspecified atom stereocenters. The van der Waals surface area contributed by atoms with Crippen LogP contribution < -0.4 is 5.32 Å². The van der Waals surface area contributed by atoms with E-state index >= 15 is 0 Å². The van der Waals surface area contributed by atoms with Gasteiger partial charge in [0, 0.05) is 11.6 Å². The third kappa shape index (κ3) is 6.73. The smallest absolute Gasteiger partial charge is 0.0124 e. The maximum absolute atomic E-state index is 3.23. The Balaban J connectivity index is 0.000000344. The Bertz CT molecular complexity index is 217. The summed E-state index contributed by atoms with van der Waals surface area (Å²) >= 11 is 0. The molecule has 0 saturated carbocycles. The van der Waals surface area contributed by atoms with Crippen molar-refractivity contribution in [3.8, 4) is 0 Å². The molecule has 116 valence electrons. The molecule has 1 aliphatic heterocycles. The summed E-state index contributed by atoms with van der Waals surface area (Å²) in [7, 11) is 4.24. The van der Waals surface area contributed by atoms with Crippen molar-refractivity contribution in [2.75, 3.05) is 40.3 Å². The molecule has 1 heterocycles. The number of hydrogen-bond acceptors (Lipinski definition) is 3. The van der Waals surface area contributed by atoms with Gasteiger partial charge in [-0.1, -0.05) is 13.8 Å². The summed E-state index contributed by atoms with van der Waals surface area (Å²) in [5.41, 5.74) is 0.351. The van der Waals surface area contributed by atoms with Crippen molar-refractivity contribution in [1.82, 2.24) is 15.1 Å². The minimum absolute atomic E-state index is 0.351. The molecule has 0 aromatic rings. The zero-order valence-electron chi connectivity index (χ0n) is 14.6. The van der Waals surface area contributed by atoms with Crippen LogP contribution in [-0.2, 0) is 0 Å². The van der Waals surface area contributed by atoms with Gasteiger partial charge in [0.15, 0.2) is 0 Å². The van der Waals surface area contributed by atoms with Crippen molar-refractivity contribution in [2.24, 2.45) is 5.92 Å². The molecule has 3 nitrogen and oxygen atoms in total. The fraction of sp³-hybridized carbons (Fsp3) is 1.00. The molecule has 2 atom stereocenters. The molecular weight excluding hydrogens is 234 g/mol. The first-order chi connectivity index (χ1) is 8.77. The number of rotatable bonds is 4. The molecule has 3 heteroatoms. The van der Waals surface area contributed by atoms with E-state index in [-0.39, 0.29) is 0 Å². The van der Waals surface area contributed by atoms with Gasteiger partial charge in [-0.25, -0.2) is 0 Å². The Kier molecular flexibility index (Phi) is 8.88. The molecule has 1 N–H and O–H groups in total. The largest absolute Gasteiger partial charge is 0.319 e. The summed E-state index contributed by atoms with van der Waals surface area (Å²) in [4.78, 5) is 4.87. The topological polar surface area (TPSA) is 18.5 Å². The van der Waals surface area contributed by atoms with Crippen LogP contribution in [-0.4, -0.2) is 61.7 Å². The molecule has 0 spiro atoms. The van der Waals surface area contributed by atoms with Crippen LogP contribution in [0.3, 0.4) is 0 Å². The third-order valence-corrected chi connectivity index (χ3v) is 4.41. The lowest BCUT2D eigenvalue weighted by molar-refractivity contribution is 0.153. The first-order valence-electron chi connectivity index (χ1n) is 7.87. The van der Waals surface area contributed by atoms with Crippen molar-refractivity contribution in [1.29, 1.82) is 0 Å². The highest BCUT2D eigenvalue weighted by Crippen LogP contribution is 2.20. The molecule has 1 fully saturated rings. The predicted molar refractivity (Wildman–Crippen MR) is 86.8 cm³/mol. The van der Waals surface area contributed by atoms with Gasteiger partial charge in [-0.3, -0.25) is 4.90 Å². The van der Waals surface area contributed by atoms with Crippen molar-refractivity contribution in [3.05, 3.63) is 0 Å². The van der Waals surface area contributed by atoms with Crippen LogP contribution in [0, 0.1) is 5.92 Å². The molecule has 0 aliphatic carbocycles. The number of likely N-dealkylation sites (tertiary alicyclic amines) is 1. The van der Waals surface area contributed by atoms with Crippen LogP contribution in [0.2, 0.25) is 0 Å². The Morgan fingerprint density at radius 3 is 1.95 bits per heavy atom. The predicted octanol–water partition coefficient (Wildman–Crippen LogP) is 2.67. The lowest BCUT2D eigenvalue weighted by atomic mass is 10.0. The molecule has 1 aliphatic rings. The van der Waals surface area contributed by atoms with Crippen molar-refractivity contribution in [2.45, 2.75) is 59.5 Å². The lowest BCUT2D eigenvalue weighted by Crippen LogP contribution is -2.40. The van der Waals surface area contributed by atoms with E-state index in [9.17, 15) is 0 Å². The zero-order valence-corrected chi connectivity index (χ0v) is 14.6. The Labute approximate surface area is 121 Å². The fourth-order valence-electron chi connectivity index (χ4n) is 2.88. The van der Waals surface area contributed by atoms with E-state index in [1.54, 1.807) is 0 Å². The van der Waals surface area contributed by atoms with Crippen molar-refractivity contribution in [3.63, 3.8) is 0 Å². The van der Waals surface area contributed by atoms with E-state index in [0.29, 0.717) is 5.54 Å². The van der Waals surface area contributed by atoms with Gasteiger partial charge in [0.2, 0.25) is 0 Å². The SMILES string of the molecule is CCN(CC)C(C)(C)C.CNCC1CCN(C)C1C. The number of nitrogens with one attached hydrogen (secondary N) is 1. The van der Waals surface area contributed by atoms with E-state index in [1.807, 2.05) is 7.05 Å². The van der Waals surface area contributed by atoms with Crippen molar-refractivity contribution >= 4 is 0 Å². The van der Waals surface area contributed by atoms with Gasteiger partial charge in [-0.05, 0) is 80.3 Å². The van der Waals surface area contributed by atoms with Gasteiger partial charge >= 0.3 is 0 Å². The summed E-state index contributed by atoms with van der Waals surface area (Å²) in [6.07, 6.45) is 1.36. The van der Waals surface area contributed by atoms with Gasteiger partial charge < -0.3 is 10.2 Å². The summed E-state index contributed by atoms with van der Waals surface area (Å²) in [5.74, 6) is 0.870. The number of hydrogen-bond donors (Lipinski definition) is 1. The molecule has 1 rings (SSSR count). The second kappa shape index (κ2) is 8.93. The average Bonchev–Trinajstić information content (AvgIpc) is 2.62. The van der Waals surface area contributed by atoms with Crippen LogP contribution in [0.15, 0.2) is 0 Å². The van der Waals surface area contributed by atoms with Crippen LogP contribution in [0.25, 0.3) is 0 Å². The molecule has 0 aromatic carbocycles. The zero-order chi connectivity index (χ0) is 15.1. The van der Waals surface area contributed by atoms with E-state index < -0.39 is 0 Å². The Morgan fingerprint density at radius 2 is 1.74 bits per heavy atom. The van der Waals surface area contributed by atoms with Gasteiger partial charge in [0.1, 0.15) is 0 Å². The normalized spacial score (nSPS) is 24.5. The van der Waals surface area contributed by atoms with Crippen LogP contribution in [0.1, 0.15) is 48.0 Å². The Morgan fingerprint density at radius 1 is 1.21 bits per heavy atom. The van der Waals surface area contributed by atoms with Gasteiger partial charge in [0.25, 0.3) is 0 Å². The highest BCUT2D eigenvalue weighted by Gasteiger charge is 2.26. The van der Waals surface area contributed by atoms with Crippen LogP contribution in [0.5, 0.6) is 0 Å². The van der Waals surface area contributed by atoms with Gasteiger partial charge in [-0.2, -0.15) is 0 Å². The summed E-state index contributed by atoms with van der Waals surface area (Å²) in [6, 6.07) is 0.771. The highest BCUT2D eigenvalue weighted by molar-refractivity contribution is 4.82. The second-order valence-electron chi connectivity index (χ2n) is 6.67. The van der Waals surface area contributed by atoms with E-state index in [1.165, 1.54) is 19.5 Å². The standard InChI is InChI=1S/C8H18N2.C8H19N/c1-7-8(6-9-2)4-5-10(7)3;1-6-9(7-2)8(3,4)5/h7-9H,4-6H2,1-3H3;6-7H2,1-5H3. The summed E-state index contributed by atoms with van der Waals surface area (Å²) in [5, 5.41) is 3.23. The first-order valence-corrected chi connectivity index (χ1v) is 7.87. The van der Waals surface area contributed by atoms with E-state index in [4.69, 9.17) is 0 Å². The highest BCUT2D eigenvalue weighted by atomic mass is 15.2. The monoisotopic (exact) mass is 271 g/mol. The van der Waals surface area contributed by atoms with Gasteiger partial charge in [0.05, 0.1) is 0 Å². The second-order valence-corrected chi connectivity index (χ2v) is 6.67. The molecule has 0 bridgehead atoms. The molecule has 1 saturated heterocycles. The lowest BCUT2D eigenvalue weighted by Gasteiger charge is -2.33. The van der Waals surface area contributed by atoms with E-state index in [2.05, 4.69) is 63.7 Å². The molecule has 19 heavy (non-hydrogen) atoms. The fourth-order valence-corrected chi connectivity index (χ4v) is 2.88. The average molecular weight is 271 g/mol. The molecule has 0 amide bonds. The maximum Gasteiger partial charge on any atom is 0.0124 e. The quantitative estimate of drug-likeness (QED) is 0.848. The number of nitrogens with zero attached hydrogens (tertiary/aromatic N) is 2. The minimum atomic E-state index is 0.351. The third-order valence-electron chi connectivity index (χ3n) is 4.41. The minimum Gasteiger partial charge on any atom is -0.319 e. The van der Waals surface area contributed by atoms with Crippen LogP contribution >= 0.6 is 0 Å². The maximum atomic E-state index is 3.23. The Hall–Kier alpha value is -0.120. The van der Waals surface area contributed by atoms with E-state index in [0.717, 1.165) is 25.0 Å². The summed E-state index contributed by atoms with van der Waals surface area (Å²) in [6.45, 7) is 18.2. The van der Waals surface area contributed by atoms with Crippen LogP contribution in [0.4, 0.5) is 0 Å².